The first-order chi connectivity index (χ1) is 13.7. The van der Waals surface area contributed by atoms with E-state index in [1.807, 2.05) is 13.0 Å². The molecule has 0 saturated heterocycles. The lowest BCUT2D eigenvalue weighted by molar-refractivity contribution is -0.141. The summed E-state index contributed by atoms with van der Waals surface area (Å²) in [6.07, 6.45) is 0.139. The van der Waals surface area contributed by atoms with Crippen molar-refractivity contribution in [2.45, 2.75) is 26.1 Å². The lowest BCUT2D eigenvalue weighted by Gasteiger charge is -2.10. The molecule has 0 aliphatic heterocycles. The SMILES string of the molecule is COC(=O)CCn1cc(-c2cc(C)cc(Nc3nccc(C(F)(F)F)n3)c2)cn1. The van der Waals surface area contributed by atoms with Crippen LogP contribution in [0.5, 0.6) is 0 Å². The Bertz CT molecular complexity index is 1020. The molecular formula is C19H18F3N5O2. The van der Waals surface area contributed by atoms with Gasteiger partial charge < -0.3 is 10.1 Å². The lowest BCUT2D eigenvalue weighted by Crippen LogP contribution is -2.10. The molecule has 0 radical (unpaired) electrons. The van der Waals surface area contributed by atoms with Crippen LogP contribution in [-0.2, 0) is 22.3 Å². The summed E-state index contributed by atoms with van der Waals surface area (Å²) in [5.41, 5.74) is 2.02. The van der Waals surface area contributed by atoms with E-state index in [0.717, 1.165) is 29.0 Å². The van der Waals surface area contributed by atoms with E-state index in [-0.39, 0.29) is 18.3 Å². The van der Waals surface area contributed by atoms with Gasteiger partial charge in [-0.1, -0.05) is 6.07 Å². The minimum Gasteiger partial charge on any atom is -0.469 e. The van der Waals surface area contributed by atoms with Crippen molar-refractivity contribution in [1.29, 1.82) is 0 Å². The van der Waals surface area contributed by atoms with Gasteiger partial charge >= 0.3 is 12.1 Å². The highest BCUT2D eigenvalue weighted by Crippen LogP contribution is 2.29. The number of nitrogens with one attached hydrogen (secondary N) is 1. The van der Waals surface area contributed by atoms with E-state index in [1.165, 1.54) is 7.11 Å². The number of rotatable bonds is 6. The van der Waals surface area contributed by atoms with Gasteiger partial charge in [-0.25, -0.2) is 9.97 Å². The number of halogens is 3. The number of carbonyl (C=O) groups excluding carboxylic acids is 1. The van der Waals surface area contributed by atoms with Gasteiger partial charge in [0.2, 0.25) is 5.95 Å². The Morgan fingerprint density at radius 2 is 2.03 bits per heavy atom. The van der Waals surface area contributed by atoms with Crippen molar-refractivity contribution < 1.29 is 22.7 Å². The molecule has 0 amide bonds. The topological polar surface area (TPSA) is 81.9 Å². The number of carbonyl (C=O) groups is 1. The largest absolute Gasteiger partial charge is 0.469 e. The summed E-state index contributed by atoms with van der Waals surface area (Å²) in [4.78, 5) is 18.6. The fraction of sp³-hybridized carbons (Fsp3) is 0.263. The number of aromatic nitrogens is 4. The van der Waals surface area contributed by atoms with E-state index in [1.54, 1.807) is 29.2 Å². The molecule has 1 aromatic carbocycles. The molecule has 0 fully saturated rings. The smallest absolute Gasteiger partial charge is 0.433 e. The van der Waals surface area contributed by atoms with Crippen LogP contribution in [0.1, 0.15) is 17.7 Å². The van der Waals surface area contributed by atoms with Crippen LogP contribution < -0.4 is 5.32 Å². The average molecular weight is 405 g/mol. The quantitative estimate of drug-likeness (QED) is 0.625. The van der Waals surface area contributed by atoms with E-state index in [4.69, 9.17) is 0 Å². The number of methoxy groups -OCH3 is 1. The highest BCUT2D eigenvalue weighted by atomic mass is 19.4. The first kappa shape index (κ1) is 20.3. The van der Waals surface area contributed by atoms with Crippen LogP contribution in [0.15, 0.2) is 42.9 Å². The number of hydrogen-bond acceptors (Lipinski definition) is 6. The van der Waals surface area contributed by atoms with E-state index in [9.17, 15) is 18.0 Å². The predicted molar refractivity (Wildman–Crippen MR) is 99.3 cm³/mol. The first-order valence-corrected chi connectivity index (χ1v) is 8.63. The number of nitrogens with zero attached hydrogens (tertiary/aromatic N) is 4. The molecule has 0 aliphatic rings. The molecule has 0 aliphatic carbocycles. The second kappa shape index (κ2) is 8.29. The fourth-order valence-corrected chi connectivity index (χ4v) is 2.67. The third-order valence-corrected chi connectivity index (χ3v) is 4.02. The van der Waals surface area contributed by atoms with Crippen LogP contribution in [0.3, 0.4) is 0 Å². The summed E-state index contributed by atoms with van der Waals surface area (Å²) in [6, 6.07) is 6.27. The zero-order valence-electron chi connectivity index (χ0n) is 15.7. The second-order valence-corrected chi connectivity index (χ2v) is 6.29. The molecule has 3 rings (SSSR count). The first-order valence-electron chi connectivity index (χ1n) is 8.63. The van der Waals surface area contributed by atoms with Crippen LogP contribution in [-0.4, -0.2) is 32.8 Å². The molecule has 2 aromatic heterocycles. The van der Waals surface area contributed by atoms with Crippen molar-refractivity contribution in [3.05, 3.63) is 54.1 Å². The highest BCUT2D eigenvalue weighted by Gasteiger charge is 2.32. The summed E-state index contributed by atoms with van der Waals surface area (Å²) in [5.74, 6) is -0.477. The Hall–Kier alpha value is -3.43. The molecule has 0 spiro atoms. The summed E-state index contributed by atoms with van der Waals surface area (Å²) in [7, 11) is 1.33. The molecule has 0 bridgehead atoms. The van der Waals surface area contributed by atoms with E-state index in [0.29, 0.717) is 12.2 Å². The summed E-state index contributed by atoms with van der Waals surface area (Å²) in [5, 5.41) is 7.03. The van der Waals surface area contributed by atoms with Gasteiger partial charge in [0.25, 0.3) is 0 Å². The lowest BCUT2D eigenvalue weighted by atomic mass is 10.1. The number of hydrogen-bond donors (Lipinski definition) is 1. The van der Waals surface area contributed by atoms with Gasteiger partial charge in [0.15, 0.2) is 0 Å². The van der Waals surface area contributed by atoms with Gasteiger partial charge in [-0.3, -0.25) is 9.48 Å². The summed E-state index contributed by atoms with van der Waals surface area (Å²) < 4.78 is 44.7. The van der Waals surface area contributed by atoms with Crippen molar-refractivity contribution >= 4 is 17.6 Å². The van der Waals surface area contributed by atoms with Gasteiger partial charge in [-0.2, -0.15) is 18.3 Å². The number of anilines is 2. The van der Waals surface area contributed by atoms with Gasteiger partial charge in [0, 0.05) is 23.6 Å². The Morgan fingerprint density at radius 3 is 2.76 bits per heavy atom. The highest BCUT2D eigenvalue weighted by molar-refractivity contribution is 5.70. The van der Waals surface area contributed by atoms with Crippen molar-refractivity contribution in [2.24, 2.45) is 0 Å². The predicted octanol–water partition coefficient (Wildman–Crippen LogP) is 3.97. The Kier molecular flexibility index (Phi) is 5.81. The number of esters is 1. The van der Waals surface area contributed by atoms with Crippen LogP contribution in [0.25, 0.3) is 11.1 Å². The third kappa shape index (κ3) is 5.31. The van der Waals surface area contributed by atoms with Crippen molar-refractivity contribution in [2.75, 3.05) is 12.4 Å². The van der Waals surface area contributed by atoms with Crippen molar-refractivity contribution in [3.63, 3.8) is 0 Å². The van der Waals surface area contributed by atoms with Crippen molar-refractivity contribution in [1.82, 2.24) is 19.7 Å². The zero-order chi connectivity index (χ0) is 21.0. The molecule has 0 saturated carbocycles. The normalized spacial score (nSPS) is 11.3. The molecule has 2 heterocycles. The Labute approximate surface area is 164 Å². The Morgan fingerprint density at radius 1 is 1.24 bits per heavy atom. The fourth-order valence-electron chi connectivity index (χ4n) is 2.67. The monoisotopic (exact) mass is 405 g/mol. The van der Waals surface area contributed by atoms with Crippen LogP contribution >= 0.6 is 0 Å². The molecule has 7 nitrogen and oxygen atoms in total. The maximum Gasteiger partial charge on any atom is 0.433 e. The van der Waals surface area contributed by atoms with Gasteiger partial charge in [-0.15, -0.1) is 0 Å². The third-order valence-electron chi connectivity index (χ3n) is 4.02. The standard InChI is InChI=1S/C19H18F3N5O2/c1-12-7-13(14-10-24-27(11-14)6-4-17(28)29-2)9-15(8-12)25-18-23-5-3-16(26-18)19(20,21)22/h3,5,7-11H,4,6H2,1-2H3,(H,23,25,26). The second-order valence-electron chi connectivity index (χ2n) is 6.29. The van der Waals surface area contributed by atoms with Gasteiger partial charge in [0.05, 0.1) is 26.3 Å². The molecule has 10 heteroatoms. The molecule has 1 N–H and O–H groups in total. The van der Waals surface area contributed by atoms with Crippen LogP contribution in [0.2, 0.25) is 0 Å². The van der Waals surface area contributed by atoms with E-state index in [2.05, 4.69) is 25.1 Å². The van der Waals surface area contributed by atoms with E-state index < -0.39 is 11.9 Å². The van der Waals surface area contributed by atoms with Crippen LogP contribution in [0, 0.1) is 6.92 Å². The average Bonchev–Trinajstić information content (AvgIpc) is 3.14. The molecule has 152 valence electrons. The molecule has 3 aromatic rings. The number of benzene rings is 1. The van der Waals surface area contributed by atoms with Gasteiger partial charge in [-0.05, 0) is 36.2 Å². The van der Waals surface area contributed by atoms with Crippen LogP contribution in [0.4, 0.5) is 24.8 Å². The maximum atomic E-state index is 12.8. The summed E-state index contributed by atoms with van der Waals surface area (Å²) in [6.45, 7) is 2.24. The number of alkyl halides is 3. The number of aryl methyl sites for hydroxylation is 2. The molecule has 0 unspecified atom stereocenters. The minimum absolute atomic E-state index is 0.148. The number of ether oxygens (including phenoxy) is 1. The molecular weight excluding hydrogens is 387 g/mol. The maximum absolute atomic E-state index is 12.8. The summed E-state index contributed by atoms with van der Waals surface area (Å²) >= 11 is 0. The molecule has 29 heavy (non-hydrogen) atoms. The van der Waals surface area contributed by atoms with Crippen molar-refractivity contribution in [3.8, 4) is 11.1 Å². The van der Waals surface area contributed by atoms with E-state index >= 15 is 0 Å². The minimum atomic E-state index is -4.55. The molecule has 0 atom stereocenters. The Balaban J connectivity index is 1.80. The zero-order valence-corrected chi connectivity index (χ0v) is 15.7. The van der Waals surface area contributed by atoms with Gasteiger partial charge in [0.1, 0.15) is 5.69 Å².